The molecule has 4 N–H and O–H groups in total. The Morgan fingerprint density at radius 1 is 0.235 bits per heavy atom. The molecule has 0 spiro atoms. The van der Waals surface area contributed by atoms with E-state index in [0.717, 1.165) is 82.3 Å². The van der Waals surface area contributed by atoms with Crippen molar-refractivity contribution < 1.29 is 0 Å². The molecule has 12 aromatic rings. The van der Waals surface area contributed by atoms with Gasteiger partial charge in [-0.2, -0.15) is 0 Å². The second-order valence-corrected chi connectivity index (χ2v) is 20.4. The largest absolute Gasteiger partial charge is 0.324 e. The van der Waals surface area contributed by atoms with Gasteiger partial charge in [0, 0.05) is 82.3 Å². The van der Waals surface area contributed by atoms with E-state index in [1.807, 2.05) is 24.3 Å². The fourth-order valence-corrected chi connectivity index (χ4v) is 13.5. The molecule has 8 bridgehead atoms. The summed E-state index contributed by atoms with van der Waals surface area (Å²) in [7, 11) is 0. The van der Waals surface area contributed by atoms with Crippen LogP contribution in [-0.4, -0.2) is 19.9 Å². The molecule has 4 aromatic heterocycles. The van der Waals surface area contributed by atoms with Crippen LogP contribution in [0, 0.1) is 0 Å². The summed E-state index contributed by atoms with van der Waals surface area (Å²) in [5.41, 5.74) is 2.76. The molecule has 0 aliphatic carbocycles. The summed E-state index contributed by atoms with van der Waals surface area (Å²) in [6.07, 6.45) is 0. The van der Waals surface area contributed by atoms with Gasteiger partial charge in [0.1, 0.15) is 45.2 Å². The molecule has 8 aromatic carbocycles. The standard InChI is InChI=1S/C56H36N8S4/c1-5-19-33(20-6-1)65-45-43-44(46(66-34-21-7-2-8-22-34)48(68-36-25-11-4-12-26-36)47(45)67-35-23-9-3-10-24-35)56-63-54-42-32-18-16-30-40(42)52(61-54)59-50-38-28-14-13-27-37(38)49(57-50)58-51-39-29-15-17-31-41(39)53(60-51)62-55(43)64-56/h1-32H,(H4,57,58,59,60,61,62,63,64). The molecule has 0 saturated carbocycles. The number of aromatic nitrogens is 4. The van der Waals surface area contributed by atoms with Crippen LogP contribution >= 0.6 is 47.0 Å². The molecule has 0 atom stereocenters. The molecule has 12 heteroatoms. The highest BCUT2D eigenvalue weighted by molar-refractivity contribution is 8.05. The molecule has 0 fully saturated rings. The van der Waals surface area contributed by atoms with Crippen molar-refractivity contribution in [1.29, 1.82) is 0 Å². The first-order valence-electron chi connectivity index (χ1n) is 22.0. The smallest absolute Gasteiger partial charge is 0.143 e. The summed E-state index contributed by atoms with van der Waals surface area (Å²) in [6, 6.07) is 67.4. The maximum Gasteiger partial charge on any atom is 0.143 e. The SMILES string of the molecule is c1ccc(Sc2c(Sc3ccccc3)c(Sc3ccccc3)c3c4[nH]c(c3c2Sc2ccccc2)=Nc2[nH]c(c3ccccc23)N=c2[nH]c(c3ccccc23)=Nc2[nH]c(c3ccccc23)N=4)cc1. The van der Waals surface area contributed by atoms with E-state index in [1.54, 1.807) is 47.0 Å². The normalized spacial score (nSPS) is 12.2. The van der Waals surface area contributed by atoms with Crippen molar-refractivity contribution >= 4 is 113 Å². The molecule has 1 aliphatic rings. The highest BCUT2D eigenvalue weighted by Crippen LogP contribution is 2.53. The minimum atomic E-state index is 0.678. The highest BCUT2D eigenvalue weighted by Gasteiger charge is 2.28. The number of aromatic amines is 4. The Kier molecular flexibility index (Phi) is 10.4. The van der Waals surface area contributed by atoms with E-state index < -0.39 is 0 Å². The van der Waals surface area contributed by atoms with Gasteiger partial charge in [-0.25, -0.2) is 20.0 Å². The third kappa shape index (κ3) is 7.42. The van der Waals surface area contributed by atoms with Gasteiger partial charge in [-0.15, -0.1) is 0 Å². The van der Waals surface area contributed by atoms with Crippen LogP contribution in [0.15, 0.2) is 253 Å². The topological polar surface area (TPSA) is 113 Å². The van der Waals surface area contributed by atoms with Crippen molar-refractivity contribution in [2.45, 2.75) is 39.2 Å². The van der Waals surface area contributed by atoms with Gasteiger partial charge in [0.05, 0.1) is 0 Å². The zero-order valence-electron chi connectivity index (χ0n) is 35.9. The average molecular weight is 949 g/mol. The van der Waals surface area contributed by atoms with Crippen molar-refractivity contribution in [3.63, 3.8) is 0 Å². The first-order valence-corrected chi connectivity index (χ1v) is 25.3. The molecule has 13 rings (SSSR count). The third-order valence-corrected chi connectivity index (χ3v) is 16.7. The van der Waals surface area contributed by atoms with Crippen LogP contribution in [0.3, 0.4) is 0 Å². The fourth-order valence-electron chi connectivity index (χ4n) is 8.73. The number of hydrogen-bond acceptors (Lipinski definition) is 8. The van der Waals surface area contributed by atoms with E-state index >= 15 is 0 Å². The maximum atomic E-state index is 5.65. The summed E-state index contributed by atoms with van der Waals surface area (Å²) in [4.78, 5) is 45.7. The highest BCUT2D eigenvalue weighted by atomic mass is 32.2. The van der Waals surface area contributed by atoms with Gasteiger partial charge >= 0.3 is 0 Å². The Balaban J connectivity index is 1.24. The van der Waals surface area contributed by atoms with Crippen LogP contribution in [0.4, 0.5) is 23.3 Å². The van der Waals surface area contributed by atoms with E-state index in [9.17, 15) is 0 Å². The Bertz CT molecular complexity index is 3880. The van der Waals surface area contributed by atoms with Crippen molar-refractivity contribution in [2.75, 3.05) is 0 Å². The lowest BCUT2D eigenvalue weighted by molar-refractivity contribution is 1.06. The van der Waals surface area contributed by atoms with Crippen LogP contribution < -0.4 is 22.0 Å². The van der Waals surface area contributed by atoms with Gasteiger partial charge in [0.15, 0.2) is 0 Å². The molecule has 0 unspecified atom stereocenters. The van der Waals surface area contributed by atoms with Crippen molar-refractivity contribution in [1.82, 2.24) is 19.9 Å². The first-order chi connectivity index (χ1) is 33.7. The average Bonchev–Trinajstić information content (AvgIpc) is 4.13. The fraction of sp³-hybridized carbons (Fsp3) is 0. The molecule has 1 aliphatic heterocycles. The van der Waals surface area contributed by atoms with Crippen LogP contribution in [-0.2, 0) is 0 Å². The Morgan fingerprint density at radius 2 is 0.485 bits per heavy atom. The molecule has 0 amide bonds. The molecule has 68 heavy (non-hydrogen) atoms. The lowest BCUT2D eigenvalue weighted by Crippen LogP contribution is -2.10. The molecule has 8 nitrogen and oxygen atoms in total. The van der Waals surface area contributed by atoms with E-state index in [4.69, 9.17) is 20.0 Å². The third-order valence-electron chi connectivity index (χ3n) is 11.8. The second kappa shape index (κ2) is 17.3. The van der Waals surface area contributed by atoms with Gasteiger partial charge in [-0.05, 0) is 48.5 Å². The Labute approximate surface area is 405 Å². The molecule has 0 radical (unpaired) electrons. The number of H-pyrrole nitrogens is 4. The van der Waals surface area contributed by atoms with E-state index in [1.165, 1.54) is 0 Å². The van der Waals surface area contributed by atoms with Gasteiger partial charge < -0.3 is 19.9 Å². The Morgan fingerprint density at radius 3 is 0.809 bits per heavy atom. The predicted octanol–water partition coefficient (Wildman–Crippen LogP) is 14.3. The van der Waals surface area contributed by atoms with Gasteiger partial charge in [-0.3, -0.25) is 0 Å². The second-order valence-electron chi connectivity index (χ2n) is 16.1. The van der Waals surface area contributed by atoms with Crippen LogP contribution in [0.5, 0.6) is 0 Å². The van der Waals surface area contributed by atoms with Crippen LogP contribution in [0.1, 0.15) is 0 Å². The zero-order chi connectivity index (χ0) is 45.0. The summed E-state index contributed by atoms with van der Waals surface area (Å²) < 4.78 is 0. The monoisotopic (exact) mass is 948 g/mol. The number of benzene rings is 8. The molecule has 324 valence electrons. The lowest BCUT2D eigenvalue weighted by Gasteiger charge is -2.20. The summed E-state index contributed by atoms with van der Waals surface area (Å²) in [5.74, 6) is 2.75. The van der Waals surface area contributed by atoms with Crippen molar-refractivity contribution in [3.8, 4) is 0 Å². The minimum absolute atomic E-state index is 0.678. The minimum Gasteiger partial charge on any atom is -0.324 e. The first kappa shape index (κ1) is 40.8. The number of hydrogen-bond donors (Lipinski definition) is 4. The van der Waals surface area contributed by atoms with Gasteiger partial charge in [0.25, 0.3) is 0 Å². The lowest BCUT2D eigenvalue weighted by atomic mass is 10.2. The molecular formula is C56H36N8S4. The number of nitrogens with zero attached hydrogens (tertiary/aromatic N) is 4. The molecular weight excluding hydrogens is 913 g/mol. The summed E-state index contributed by atoms with van der Waals surface area (Å²) in [5, 5.41) is 7.66. The van der Waals surface area contributed by atoms with Crippen molar-refractivity contribution in [2.24, 2.45) is 20.0 Å². The molecule has 5 heterocycles. The summed E-state index contributed by atoms with van der Waals surface area (Å²) in [6.45, 7) is 0. The van der Waals surface area contributed by atoms with Crippen LogP contribution in [0.2, 0.25) is 0 Å². The number of fused-ring (bicyclic) bond motifs is 20. The molecule has 0 saturated heterocycles. The van der Waals surface area contributed by atoms with Crippen molar-refractivity contribution in [3.05, 3.63) is 216 Å². The van der Waals surface area contributed by atoms with Crippen LogP contribution in [0.25, 0.3) is 43.1 Å². The van der Waals surface area contributed by atoms with E-state index in [-0.39, 0.29) is 0 Å². The quantitative estimate of drug-likeness (QED) is 0.122. The summed E-state index contributed by atoms with van der Waals surface area (Å²) >= 11 is 7.07. The van der Waals surface area contributed by atoms with E-state index in [2.05, 4.69) is 190 Å². The van der Waals surface area contributed by atoms with Gasteiger partial charge in [0.2, 0.25) is 0 Å². The zero-order valence-corrected chi connectivity index (χ0v) is 39.2. The Hall–Kier alpha value is -7.48. The maximum absolute atomic E-state index is 5.65. The predicted molar refractivity (Wildman–Crippen MR) is 279 cm³/mol. The number of nitrogens with one attached hydrogen (secondary N) is 4. The van der Waals surface area contributed by atoms with E-state index in [0.29, 0.717) is 45.2 Å². The van der Waals surface area contributed by atoms with Gasteiger partial charge in [-0.1, -0.05) is 193 Å². The number of rotatable bonds is 8.